The smallest absolute Gasteiger partial charge is 0.416 e. The number of carbonyl (C=O) groups excluding carboxylic acids is 1. The Hall–Kier alpha value is -3.11. The predicted octanol–water partition coefficient (Wildman–Crippen LogP) is 3.66. The summed E-state index contributed by atoms with van der Waals surface area (Å²) in [6, 6.07) is 2.16. The first-order chi connectivity index (χ1) is 14.4. The topological polar surface area (TPSA) is 75.9 Å². The van der Waals surface area contributed by atoms with Crippen molar-refractivity contribution in [3.8, 4) is 0 Å². The molecule has 2 aromatic heterocycles. The zero-order valence-corrected chi connectivity index (χ0v) is 17.7. The molecule has 0 spiro atoms. The third-order valence-electron chi connectivity index (χ3n) is 5.06. The fourth-order valence-electron chi connectivity index (χ4n) is 3.61. The van der Waals surface area contributed by atoms with Crippen LogP contribution >= 0.6 is 0 Å². The third-order valence-corrected chi connectivity index (χ3v) is 5.06. The van der Waals surface area contributed by atoms with Crippen LogP contribution in [0.3, 0.4) is 0 Å². The van der Waals surface area contributed by atoms with Gasteiger partial charge in [0.2, 0.25) is 5.65 Å². The van der Waals surface area contributed by atoms with E-state index < -0.39 is 17.3 Å². The van der Waals surface area contributed by atoms with Crippen LogP contribution in [0.4, 0.5) is 23.8 Å². The first-order valence-electron chi connectivity index (χ1n) is 9.88. The molecule has 0 aliphatic carbocycles. The second-order valence-electron chi connectivity index (χ2n) is 8.57. The summed E-state index contributed by atoms with van der Waals surface area (Å²) in [6.45, 7) is 8.88. The van der Waals surface area contributed by atoms with E-state index in [-0.39, 0.29) is 6.09 Å². The molecule has 4 rings (SSSR count). The minimum absolute atomic E-state index is 0.295. The van der Waals surface area contributed by atoms with Crippen LogP contribution in [0.2, 0.25) is 0 Å². The molecule has 1 amide bonds. The average molecular weight is 436 g/mol. The van der Waals surface area contributed by atoms with Crippen molar-refractivity contribution in [3.05, 3.63) is 29.6 Å². The standard InChI is InChI=1S/C20H23F3N6O2/c1-12-9-13(20(21,22)23)10-14-15(12)25-16(17-26-24-11-29(14)17)27-5-7-28(8-6-27)18(30)31-19(2,3)4/h9-11H,5-8H2,1-4H3. The van der Waals surface area contributed by atoms with E-state index in [4.69, 9.17) is 4.74 Å². The number of amides is 1. The molecule has 1 aromatic carbocycles. The number of rotatable bonds is 1. The van der Waals surface area contributed by atoms with Gasteiger partial charge < -0.3 is 14.5 Å². The highest BCUT2D eigenvalue weighted by atomic mass is 19.4. The first kappa shape index (κ1) is 21.1. The molecule has 0 radical (unpaired) electrons. The summed E-state index contributed by atoms with van der Waals surface area (Å²) in [7, 11) is 0. The molecule has 1 saturated heterocycles. The molecule has 3 heterocycles. The molecule has 0 bridgehead atoms. The van der Waals surface area contributed by atoms with Crippen molar-refractivity contribution in [3.63, 3.8) is 0 Å². The number of hydrogen-bond acceptors (Lipinski definition) is 6. The number of alkyl halides is 3. The maximum absolute atomic E-state index is 13.3. The van der Waals surface area contributed by atoms with Gasteiger partial charge in [-0.15, -0.1) is 10.2 Å². The van der Waals surface area contributed by atoms with Crippen LogP contribution in [-0.4, -0.2) is 62.4 Å². The van der Waals surface area contributed by atoms with Gasteiger partial charge in [0.15, 0.2) is 5.82 Å². The monoisotopic (exact) mass is 436 g/mol. The molecule has 31 heavy (non-hydrogen) atoms. The highest BCUT2D eigenvalue weighted by molar-refractivity contribution is 5.86. The molecule has 11 heteroatoms. The quantitative estimate of drug-likeness (QED) is 0.580. The molecule has 166 valence electrons. The predicted molar refractivity (Wildman–Crippen MR) is 108 cm³/mol. The van der Waals surface area contributed by atoms with Gasteiger partial charge in [-0.1, -0.05) is 0 Å². The van der Waals surface area contributed by atoms with E-state index in [9.17, 15) is 18.0 Å². The van der Waals surface area contributed by atoms with Crippen LogP contribution in [0.25, 0.3) is 16.7 Å². The normalized spacial score (nSPS) is 15.7. The van der Waals surface area contributed by atoms with Gasteiger partial charge in [0.05, 0.1) is 16.6 Å². The van der Waals surface area contributed by atoms with Crippen LogP contribution < -0.4 is 4.90 Å². The number of aryl methyl sites for hydroxylation is 1. The van der Waals surface area contributed by atoms with Crippen LogP contribution in [0.15, 0.2) is 18.5 Å². The Labute approximate surface area is 176 Å². The maximum Gasteiger partial charge on any atom is 0.416 e. The summed E-state index contributed by atoms with van der Waals surface area (Å²) < 4.78 is 46.8. The molecule has 0 N–H and O–H groups in total. The van der Waals surface area contributed by atoms with Gasteiger partial charge in [0.25, 0.3) is 0 Å². The lowest BCUT2D eigenvalue weighted by Gasteiger charge is -2.36. The number of carbonyl (C=O) groups is 1. The van der Waals surface area contributed by atoms with Crippen molar-refractivity contribution in [1.29, 1.82) is 0 Å². The van der Waals surface area contributed by atoms with Crippen molar-refractivity contribution in [2.45, 2.75) is 39.5 Å². The number of benzene rings is 1. The minimum Gasteiger partial charge on any atom is -0.444 e. The SMILES string of the molecule is Cc1cc(C(F)(F)F)cc2c1nc(N1CCN(C(=O)OC(C)(C)C)CC1)c1nncn12. The number of fused-ring (bicyclic) bond motifs is 3. The second kappa shape index (κ2) is 7.24. The molecule has 1 aliphatic rings. The Morgan fingerprint density at radius 3 is 2.39 bits per heavy atom. The molecule has 3 aromatic rings. The van der Waals surface area contributed by atoms with Gasteiger partial charge >= 0.3 is 12.3 Å². The van der Waals surface area contributed by atoms with E-state index in [1.54, 1.807) is 11.8 Å². The summed E-state index contributed by atoms with van der Waals surface area (Å²) in [5, 5.41) is 7.98. The lowest BCUT2D eigenvalue weighted by atomic mass is 10.1. The Bertz CT molecular complexity index is 1140. The first-order valence-corrected chi connectivity index (χ1v) is 9.88. The lowest BCUT2D eigenvalue weighted by Crippen LogP contribution is -2.50. The summed E-state index contributed by atoms with van der Waals surface area (Å²) in [5.74, 6) is 0.525. The number of nitrogens with zero attached hydrogens (tertiary/aromatic N) is 6. The van der Waals surface area contributed by atoms with Gasteiger partial charge in [-0.25, -0.2) is 9.78 Å². The van der Waals surface area contributed by atoms with Crippen molar-refractivity contribution in [2.75, 3.05) is 31.1 Å². The number of anilines is 1. The highest BCUT2D eigenvalue weighted by Gasteiger charge is 2.32. The molecular weight excluding hydrogens is 413 g/mol. The zero-order valence-electron chi connectivity index (χ0n) is 17.7. The fourth-order valence-corrected chi connectivity index (χ4v) is 3.61. The Kier molecular flexibility index (Phi) is 4.94. The number of ether oxygens (including phenoxy) is 1. The molecule has 8 nitrogen and oxygen atoms in total. The van der Waals surface area contributed by atoms with E-state index in [0.29, 0.717) is 54.2 Å². The molecule has 1 fully saturated rings. The van der Waals surface area contributed by atoms with Crippen molar-refractivity contribution in [2.24, 2.45) is 0 Å². The number of piperazine rings is 1. The van der Waals surface area contributed by atoms with E-state index >= 15 is 0 Å². The third kappa shape index (κ3) is 4.08. The number of hydrogen-bond donors (Lipinski definition) is 0. The van der Waals surface area contributed by atoms with Crippen LogP contribution in [-0.2, 0) is 10.9 Å². The number of halogens is 3. The largest absolute Gasteiger partial charge is 0.444 e. The van der Waals surface area contributed by atoms with E-state index in [1.165, 1.54) is 10.7 Å². The molecule has 1 aliphatic heterocycles. The van der Waals surface area contributed by atoms with E-state index in [2.05, 4.69) is 15.2 Å². The Morgan fingerprint density at radius 2 is 1.77 bits per heavy atom. The molecule has 0 saturated carbocycles. The zero-order chi connectivity index (χ0) is 22.6. The highest BCUT2D eigenvalue weighted by Crippen LogP contribution is 2.34. The lowest BCUT2D eigenvalue weighted by molar-refractivity contribution is -0.137. The molecular formula is C20H23F3N6O2. The summed E-state index contributed by atoms with van der Waals surface area (Å²) >= 11 is 0. The van der Waals surface area contributed by atoms with Crippen molar-refractivity contribution in [1.82, 2.24) is 24.5 Å². The van der Waals surface area contributed by atoms with Gasteiger partial charge in [-0.2, -0.15) is 13.2 Å². The van der Waals surface area contributed by atoms with Gasteiger partial charge in [-0.3, -0.25) is 4.40 Å². The number of aromatic nitrogens is 4. The fraction of sp³-hybridized carbons (Fsp3) is 0.500. The minimum atomic E-state index is -4.46. The summed E-state index contributed by atoms with van der Waals surface area (Å²) in [6.07, 6.45) is -3.45. The van der Waals surface area contributed by atoms with Crippen molar-refractivity contribution < 1.29 is 22.7 Å². The van der Waals surface area contributed by atoms with Gasteiger partial charge in [0.1, 0.15) is 11.9 Å². The Balaban J connectivity index is 1.67. The van der Waals surface area contributed by atoms with Crippen molar-refractivity contribution >= 4 is 28.6 Å². The summed E-state index contributed by atoms with van der Waals surface area (Å²) in [5.41, 5.74) is 0.210. The summed E-state index contributed by atoms with van der Waals surface area (Å²) in [4.78, 5) is 20.6. The van der Waals surface area contributed by atoms with Crippen LogP contribution in [0, 0.1) is 6.92 Å². The van der Waals surface area contributed by atoms with Gasteiger partial charge in [-0.05, 0) is 45.4 Å². The van der Waals surface area contributed by atoms with Crippen LogP contribution in [0.5, 0.6) is 0 Å². The average Bonchev–Trinajstić information content (AvgIpc) is 3.15. The second-order valence-corrected chi connectivity index (χ2v) is 8.57. The van der Waals surface area contributed by atoms with Crippen LogP contribution in [0.1, 0.15) is 31.9 Å². The molecule has 0 unspecified atom stereocenters. The van der Waals surface area contributed by atoms with E-state index in [1.807, 2.05) is 25.7 Å². The Morgan fingerprint density at radius 1 is 1.10 bits per heavy atom. The van der Waals surface area contributed by atoms with E-state index in [0.717, 1.165) is 12.1 Å². The molecule has 0 atom stereocenters. The maximum atomic E-state index is 13.3. The van der Waals surface area contributed by atoms with Gasteiger partial charge in [0, 0.05) is 26.2 Å².